The highest BCUT2D eigenvalue weighted by Gasteiger charge is 2.50. The van der Waals surface area contributed by atoms with E-state index in [1.165, 1.54) is 5.23 Å². The number of anilines is 1. The van der Waals surface area contributed by atoms with Gasteiger partial charge in [0, 0.05) is 31.3 Å². The van der Waals surface area contributed by atoms with E-state index in [0.29, 0.717) is 56.3 Å². The predicted octanol–water partition coefficient (Wildman–Crippen LogP) is 5.51. The molecule has 222 valence electrons. The zero-order valence-electron chi connectivity index (χ0n) is 25.2. The Labute approximate surface area is 232 Å². The lowest BCUT2D eigenvalue weighted by molar-refractivity contribution is -0.0275. The van der Waals surface area contributed by atoms with Crippen molar-refractivity contribution in [2.45, 2.75) is 104 Å². The molecule has 39 heavy (non-hydrogen) atoms. The molecule has 1 saturated heterocycles. The molecule has 0 atom stereocenters. The average molecular weight is 554 g/mol. The molecule has 2 amide bonds. The molecule has 0 saturated carbocycles. The first kappa shape index (κ1) is 32.3. The number of hydrogen-bond acceptors (Lipinski definition) is 9. The lowest BCUT2D eigenvalue weighted by Crippen LogP contribution is -2.41. The molecule has 11 nitrogen and oxygen atoms in total. The molecule has 1 aliphatic rings. The van der Waals surface area contributed by atoms with Gasteiger partial charge in [-0.25, -0.2) is 19.3 Å². The van der Waals surface area contributed by atoms with Crippen LogP contribution in [-0.2, 0) is 19.1 Å². The third kappa shape index (κ3) is 11.4. The van der Waals surface area contributed by atoms with Crippen LogP contribution in [0.4, 0.5) is 15.3 Å². The first-order valence-electron chi connectivity index (χ1n) is 13.4. The molecular formula is C28H47N3O8. The Balaban J connectivity index is 1.97. The second-order valence-electron chi connectivity index (χ2n) is 12.4. The topological polar surface area (TPSA) is 117 Å². The number of benzene rings is 1. The van der Waals surface area contributed by atoms with Gasteiger partial charge in [-0.3, -0.25) is 0 Å². The Hall–Kier alpha value is -2.92. The van der Waals surface area contributed by atoms with Gasteiger partial charge in [0.25, 0.3) is 0 Å². The monoisotopic (exact) mass is 553 g/mol. The van der Waals surface area contributed by atoms with Gasteiger partial charge in [0.15, 0.2) is 0 Å². The molecule has 1 heterocycles. The number of rotatable bonds is 11. The highest BCUT2D eigenvalue weighted by atomic mass is 17.0. The Morgan fingerprint density at radius 3 is 1.49 bits per heavy atom. The van der Waals surface area contributed by atoms with Crippen LogP contribution in [0.5, 0.6) is 11.5 Å². The summed E-state index contributed by atoms with van der Waals surface area (Å²) in [6.07, 6.45) is 0.226. The molecule has 1 fully saturated rings. The number of ether oxygens (including phenoxy) is 4. The summed E-state index contributed by atoms with van der Waals surface area (Å²) in [4.78, 5) is 35.8. The predicted molar refractivity (Wildman–Crippen MR) is 148 cm³/mol. The first-order valence-corrected chi connectivity index (χ1v) is 13.4. The fourth-order valence-electron chi connectivity index (χ4n) is 3.12. The third-order valence-corrected chi connectivity index (χ3v) is 5.66. The van der Waals surface area contributed by atoms with Gasteiger partial charge in [-0.15, -0.1) is 5.23 Å². The zero-order valence-corrected chi connectivity index (χ0v) is 25.2. The smallest absolute Gasteiger partial charge is 0.407 e. The maximum atomic E-state index is 11.8. The Morgan fingerprint density at radius 2 is 1.13 bits per heavy atom. The van der Waals surface area contributed by atoms with Gasteiger partial charge >= 0.3 is 12.2 Å². The fourth-order valence-corrected chi connectivity index (χ4v) is 3.12. The first-order chi connectivity index (χ1) is 17.9. The molecule has 1 aliphatic heterocycles. The fraction of sp³-hybridized carbons (Fsp3) is 0.714. The van der Waals surface area contributed by atoms with Crippen LogP contribution in [0.1, 0.15) is 82.1 Å². The number of carbonyl (C=O) groups is 2. The molecule has 11 heteroatoms. The molecule has 2 N–H and O–H groups in total. The number of alkyl carbamates (subject to hydrolysis) is 2. The van der Waals surface area contributed by atoms with Gasteiger partial charge < -0.3 is 29.6 Å². The lowest BCUT2D eigenvalue weighted by atomic mass is 9.90. The highest BCUT2D eigenvalue weighted by molar-refractivity contribution is 5.67. The van der Waals surface area contributed by atoms with E-state index in [9.17, 15) is 9.59 Å². The molecular weight excluding hydrogens is 506 g/mol. The van der Waals surface area contributed by atoms with Gasteiger partial charge in [0.2, 0.25) is 0 Å². The van der Waals surface area contributed by atoms with Crippen molar-refractivity contribution in [3.63, 3.8) is 0 Å². The summed E-state index contributed by atoms with van der Waals surface area (Å²) in [7, 11) is 0. The number of carbonyl (C=O) groups excluding carboxylic acids is 2. The minimum Gasteiger partial charge on any atom is -0.493 e. The van der Waals surface area contributed by atoms with E-state index in [-0.39, 0.29) is 0 Å². The van der Waals surface area contributed by atoms with Gasteiger partial charge in [-0.1, -0.05) is 0 Å². The van der Waals surface area contributed by atoms with E-state index in [4.69, 9.17) is 28.6 Å². The van der Waals surface area contributed by atoms with Crippen LogP contribution in [-0.4, -0.2) is 60.9 Å². The van der Waals surface area contributed by atoms with Crippen LogP contribution in [0.3, 0.4) is 0 Å². The molecule has 0 spiro atoms. The molecule has 2 rings (SSSR count). The van der Waals surface area contributed by atoms with Crippen molar-refractivity contribution in [3.8, 4) is 11.5 Å². The van der Waals surface area contributed by atoms with Crippen molar-refractivity contribution < 1.29 is 38.2 Å². The van der Waals surface area contributed by atoms with Gasteiger partial charge in [-0.05, 0) is 82.1 Å². The van der Waals surface area contributed by atoms with Gasteiger partial charge in [-0.2, -0.15) is 0 Å². The number of hydrogen-bond donors (Lipinski definition) is 2. The van der Waals surface area contributed by atoms with Crippen LogP contribution in [0, 0.1) is 0 Å². The Morgan fingerprint density at radius 1 is 0.744 bits per heavy atom. The van der Waals surface area contributed by atoms with Crippen molar-refractivity contribution in [2.24, 2.45) is 0 Å². The Kier molecular flexibility index (Phi) is 10.7. The van der Waals surface area contributed by atoms with E-state index in [1.54, 1.807) is 18.2 Å². The van der Waals surface area contributed by atoms with Gasteiger partial charge in [0.05, 0.1) is 13.2 Å². The number of nitrogens with zero attached hydrogens (tertiary/aromatic N) is 1. The van der Waals surface area contributed by atoms with E-state index < -0.39 is 34.6 Å². The van der Waals surface area contributed by atoms with E-state index in [2.05, 4.69) is 10.6 Å². The molecule has 1 aromatic rings. The Bertz CT molecular complexity index is 894. The zero-order chi connectivity index (χ0) is 29.5. The third-order valence-electron chi connectivity index (χ3n) is 5.66. The maximum Gasteiger partial charge on any atom is 0.407 e. The molecule has 0 aromatic heterocycles. The standard InChI is InChI=1S/C28H47N3O8/c1-25(2,3)36-23(32)29-13-11-15-34-21-17-20(31-38-27(7,8)28(9,10)39-31)18-22(19-21)35-16-12-14-30-24(33)37-26(4,5)6/h17-19H,11-16H2,1-10H3,(H,29,32)(H,30,33). The van der Waals surface area contributed by atoms with Crippen molar-refractivity contribution in [2.75, 3.05) is 31.5 Å². The summed E-state index contributed by atoms with van der Waals surface area (Å²) in [6, 6.07) is 5.38. The van der Waals surface area contributed by atoms with Crippen molar-refractivity contribution in [3.05, 3.63) is 18.2 Å². The quantitative estimate of drug-likeness (QED) is 0.342. The van der Waals surface area contributed by atoms with Crippen LogP contribution in [0.2, 0.25) is 0 Å². The van der Waals surface area contributed by atoms with Crippen LogP contribution >= 0.6 is 0 Å². The molecule has 0 radical (unpaired) electrons. The maximum absolute atomic E-state index is 11.8. The second kappa shape index (κ2) is 13.0. The molecule has 0 bridgehead atoms. The largest absolute Gasteiger partial charge is 0.493 e. The second-order valence-corrected chi connectivity index (χ2v) is 12.4. The summed E-state index contributed by atoms with van der Waals surface area (Å²) in [5.74, 6) is 1.11. The summed E-state index contributed by atoms with van der Waals surface area (Å²) < 4.78 is 22.4. The van der Waals surface area contributed by atoms with E-state index in [1.807, 2.05) is 69.2 Å². The van der Waals surface area contributed by atoms with Crippen LogP contribution < -0.4 is 25.3 Å². The van der Waals surface area contributed by atoms with E-state index >= 15 is 0 Å². The van der Waals surface area contributed by atoms with Crippen LogP contribution in [0.15, 0.2) is 18.2 Å². The van der Waals surface area contributed by atoms with E-state index in [0.717, 1.165) is 0 Å². The normalized spacial score (nSPS) is 16.4. The van der Waals surface area contributed by atoms with Crippen molar-refractivity contribution in [1.29, 1.82) is 0 Å². The molecule has 0 aliphatic carbocycles. The summed E-state index contributed by atoms with van der Waals surface area (Å²) >= 11 is 0. The van der Waals surface area contributed by atoms with Crippen molar-refractivity contribution in [1.82, 2.24) is 10.6 Å². The SMILES string of the molecule is CC(C)(C)OC(=O)NCCCOc1cc(OCCCNC(=O)OC(C)(C)C)cc(N2OC(C)(C)C(C)(C)O2)c1. The minimum atomic E-state index is -0.564. The number of nitrogens with one attached hydrogen (secondary N) is 2. The lowest BCUT2D eigenvalue weighted by Gasteiger charge is -2.26. The minimum absolute atomic E-state index is 0.358. The van der Waals surface area contributed by atoms with Crippen molar-refractivity contribution >= 4 is 17.9 Å². The summed E-state index contributed by atoms with van der Waals surface area (Å²) in [6.45, 7) is 20.3. The average Bonchev–Trinajstić information content (AvgIpc) is 2.97. The van der Waals surface area contributed by atoms with Crippen LogP contribution in [0.25, 0.3) is 0 Å². The molecule has 1 aromatic carbocycles. The molecule has 0 unspecified atom stereocenters. The number of amides is 2. The summed E-state index contributed by atoms with van der Waals surface area (Å²) in [5, 5.41) is 6.82. The van der Waals surface area contributed by atoms with Gasteiger partial charge in [0.1, 0.15) is 39.6 Å². The highest BCUT2D eigenvalue weighted by Crippen LogP contribution is 2.41. The summed E-state index contributed by atoms with van der Waals surface area (Å²) in [5.41, 5.74) is -1.62.